The minimum absolute atomic E-state index is 0.102. The smallest absolute Gasteiger partial charge is 0.257 e. The van der Waals surface area contributed by atoms with Gasteiger partial charge in [0.25, 0.3) is 5.91 Å². The van der Waals surface area contributed by atoms with Gasteiger partial charge in [-0.1, -0.05) is 24.3 Å². The molecule has 1 aliphatic heterocycles. The van der Waals surface area contributed by atoms with E-state index in [1.54, 1.807) is 29.3 Å². The summed E-state index contributed by atoms with van der Waals surface area (Å²) >= 11 is 1.20. The van der Waals surface area contributed by atoms with Crippen molar-refractivity contribution in [3.05, 3.63) is 60.3 Å². The van der Waals surface area contributed by atoms with E-state index in [0.29, 0.717) is 5.56 Å². The first-order valence-electron chi connectivity index (χ1n) is 8.61. The summed E-state index contributed by atoms with van der Waals surface area (Å²) in [5, 5.41) is 12.8. The highest BCUT2D eigenvalue weighted by molar-refractivity contribution is 6.99. The van der Waals surface area contributed by atoms with Crippen molar-refractivity contribution in [2.24, 2.45) is 0 Å². The number of nitrogen functional groups attached to an aromatic ring is 1. The van der Waals surface area contributed by atoms with Crippen LogP contribution in [-0.4, -0.2) is 37.8 Å². The number of phenols is 1. The van der Waals surface area contributed by atoms with Gasteiger partial charge < -0.3 is 21.1 Å². The first-order valence-corrected chi connectivity index (χ1v) is 9.34. The van der Waals surface area contributed by atoms with Gasteiger partial charge in [0, 0.05) is 18.8 Å². The number of rotatable bonds is 3. The first kappa shape index (κ1) is 18.7. The number of likely N-dealkylation sites (tertiary alicyclic amines) is 1. The number of para-hydroxylation sites is 2. The molecule has 1 amide bonds. The molecule has 0 atom stereocenters. The Morgan fingerprint density at radius 3 is 2.52 bits per heavy atom. The van der Waals surface area contributed by atoms with Gasteiger partial charge in [-0.3, -0.25) is 4.79 Å². The summed E-state index contributed by atoms with van der Waals surface area (Å²) < 4.78 is 7.92. The number of nitrogens with two attached hydrogens (primary N) is 1. The van der Waals surface area contributed by atoms with E-state index in [-0.39, 0.29) is 17.3 Å². The lowest BCUT2D eigenvalue weighted by atomic mass is 10.1. The predicted octanol–water partition coefficient (Wildman–Crippen LogP) is 3.49. The van der Waals surface area contributed by atoms with Gasteiger partial charge in [0.1, 0.15) is 0 Å². The molecular formula is C19H21N5O2S. The Hall–Kier alpha value is -3.13. The van der Waals surface area contributed by atoms with E-state index in [2.05, 4.69) is 14.1 Å². The number of phenolic OH excluding ortho intramolecular Hbond substituents is 1. The molecule has 7 nitrogen and oxygen atoms in total. The fraction of sp³-hybridized carbons (Fsp3) is 0.211. The van der Waals surface area contributed by atoms with E-state index >= 15 is 0 Å². The molecule has 0 bridgehead atoms. The van der Waals surface area contributed by atoms with Crippen molar-refractivity contribution in [2.45, 2.75) is 12.8 Å². The van der Waals surface area contributed by atoms with Gasteiger partial charge in [-0.25, -0.2) is 0 Å². The van der Waals surface area contributed by atoms with E-state index in [1.165, 1.54) is 11.7 Å². The van der Waals surface area contributed by atoms with Crippen LogP contribution in [0, 0.1) is 0 Å². The second-order valence-corrected chi connectivity index (χ2v) is 6.58. The van der Waals surface area contributed by atoms with Gasteiger partial charge in [-0.05, 0) is 37.1 Å². The minimum atomic E-state index is -0.127. The number of nitrogens with one attached hydrogen (secondary N) is 1. The molecule has 1 saturated heterocycles. The molecule has 8 heteroatoms. The fourth-order valence-electron chi connectivity index (χ4n) is 2.71. The number of amides is 1. The molecule has 0 unspecified atom stereocenters. The molecule has 1 aliphatic rings. The van der Waals surface area contributed by atoms with Gasteiger partial charge in [0.15, 0.2) is 11.6 Å². The number of hydrogen-bond acceptors (Lipinski definition) is 7. The number of hydrogen-bond donors (Lipinski definition) is 3. The van der Waals surface area contributed by atoms with Crippen molar-refractivity contribution >= 4 is 34.8 Å². The van der Waals surface area contributed by atoms with Crippen molar-refractivity contribution in [3.8, 4) is 5.75 Å². The van der Waals surface area contributed by atoms with Crippen LogP contribution < -0.4 is 11.1 Å². The summed E-state index contributed by atoms with van der Waals surface area (Å²) in [6, 6.07) is 14.8. The van der Waals surface area contributed by atoms with Gasteiger partial charge in [0.2, 0.25) is 0 Å². The Labute approximate surface area is 161 Å². The van der Waals surface area contributed by atoms with E-state index in [0.717, 1.165) is 37.4 Å². The van der Waals surface area contributed by atoms with Crippen molar-refractivity contribution in [1.82, 2.24) is 13.6 Å². The van der Waals surface area contributed by atoms with Crippen molar-refractivity contribution in [3.63, 3.8) is 0 Å². The first-order chi connectivity index (χ1) is 13.1. The number of carbonyl (C=O) groups is 1. The highest BCUT2D eigenvalue weighted by atomic mass is 32.1. The van der Waals surface area contributed by atoms with Crippen LogP contribution in [0.4, 0.5) is 17.2 Å². The predicted molar refractivity (Wildman–Crippen MR) is 107 cm³/mol. The van der Waals surface area contributed by atoms with Gasteiger partial charge in [-0.15, -0.1) is 0 Å². The second kappa shape index (κ2) is 9.00. The summed E-state index contributed by atoms with van der Waals surface area (Å²) in [4.78, 5) is 13.7. The van der Waals surface area contributed by atoms with E-state index in [1.807, 2.05) is 30.3 Å². The molecule has 27 heavy (non-hydrogen) atoms. The van der Waals surface area contributed by atoms with Crippen LogP contribution >= 0.6 is 11.7 Å². The summed E-state index contributed by atoms with van der Waals surface area (Å²) in [5.41, 5.74) is 7.12. The number of benzene rings is 2. The Balaban J connectivity index is 0.000000159. The molecule has 1 aromatic heterocycles. The maximum atomic E-state index is 11.9. The molecule has 2 aromatic carbocycles. The maximum Gasteiger partial charge on any atom is 0.257 e. The third-order valence-electron chi connectivity index (χ3n) is 4.10. The number of nitrogens with zero attached hydrogens (tertiary/aromatic N) is 3. The van der Waals surface area contributed by atoms with Crippen LogP contribution in [0.5, 0.6) is 5.75 Å². The number of aromatic nitrogens is 2. The topological polar surface area (TPSA) is 104 Å². The van der Waals surface area contributed by atoms with Crippen LogP contribution in [0.3, 0.4) is 0 Å². The molecular weight excluding hydrogens is 362 g/mol. The number of aromatic hydroxyl groups is 1. The monoisotopic (exact) mass is 383 g/mol. The normalized spacial score (nSPS) is 13.0. The number of carbonyl (C=O) groups excluding carboxylic acids is 1. The molecule has 1 fully saturated rings. The largest absolute Gasteiger partial charge is 0.505 e. The molecule has 0 spiro atoms. The fourth-order valence-corrected chi connectivity index (χ4v) is 3.09. The van der Waals surface area contributed by atoms with Crippen molar-refractivity contribution < 1.29 is 9.90 Å². The maximum absolute atomic E-state index is 11.9. The average molecular weight is 383 g/mol. The lowest BCUT2D eigenvalue weighted by molar-refractivity contribution is 0.0790. The molecule has 0 saturated carbocycles. The van der Waals surface area contributed by atoms with Gasteiger partial charge >= 0.3 is 0 Å². The van der Waals surface area contributed by atoms with Crippen LogP contribution in [0.1, 0.15) is 23.2 Å². The van der Waals surface area contributed by atoms with E-state index < -0.39 is 0 Å². The lowest BCUT2D eigenvalue weighted by Crippen LogP contribution is -2.27. The third kappa shape index (κ3) is 4.95. The summed E-state index contributed by atoms with van der Waals surface area (Å²) in [5.74, 6) is 0.568. The van der Waals surface area contributed by atoms with E-state index in [4.69, 9.17) is 5.73 Å². The van der Waals surface area contributed by atoms with Crippen molar-refractivity contribution in [2.75, 3.05) is 24.1 Å². The average Bonchev–Trinajstić information content (AvgIpc) is 3.39. The Morgan fingerprint density at radius 2 is 1.85 bits per heavy atom. The van der Waals surface area contributed by atoms with Gasteiger partial charge in [-0.2, -0.15) is 8.75 Å². The van der Waals surface area contributed by atoms with Crippen LogP contribution in [-0.2, 0) is 0 Å². The van der Waals surface area contributed by atoms with Crippen LogP contribution in [0.2, 0.25) is 0 Å². The van der Waals surface area contributed by atoms with Gasteiger partial charge in [0.05, 0.1) is 29.2 Å². The highest BCUT2D eigenvalue weighted by Gasteiger charge is 2.22. The second-order valence-electron chi connectivity index (χ2n) is 6.03. The highest BCUT2D eigenvalue weighted by Crippen LogP contribution is 2.26. The summed E-state index contributed by atoms with van der Waals surface area (Å²) in [7, 11) is 0. The minimum Gasteiger partial charge on any atom is -0.505 e. The van der Waals surface area contributed by atoms with E-state index in [9.17, 15) is 9.90 Å². The zero-order chi connectivity index (χ0) is 19.1. The van der Waals surface area contributed by atoms with Crippen LogP contribution in [0.15, 0.2) is 54.7 Å². The van der Waals surface area contributed by atoms with Crippen molar-refractivity contribution in [1.29, 1.82) is 0 Å². The standard InChI is InChI=1S/C11H14N2O2.C8H7N3S/c12-9-5-3-4-8(10(9)14)11(15)13-6-1-2-7-13;1-2-4-7(5-3-1)10-8-6-9-12-11-8/h3-5,14H,1-2,6-7,12H2;1-6H,(H,10,11). The Bertz CT molecular complexity index is 865. The summed E-state index contributed by atoms with van der Waals surface area (Å²) in [6.45, 7) is 1.54. The quantitative estimate of drug-likeness (QED) is 0.472. The summed E-state index contributed by atoms with van der Waals surface area (Å²) in [6.07, 6.45) is 3.78. The lowest BCUT2D eigenvalue weighted by Gasteiger charge is -2.16. The molecule has 2 heterocycles. The molecule has 4 N–H and O–H groups in total. The van der Waals surface area contributed by atoms with Crippen LogP contribution in [0.25, 0.3) is 0 Å². The molecule has 0 aliphatic carbocycles. The zero-order valence-electron chi connectivity index (χ0n) is 14.7. The Morgan fingerprint density at radius 1 is 1.11 bits per heavy atom. The molecule has 3 aromatic rings. The third-order valence-corrected chi connectivity index (χ3v) is 4.58. The molecule has 0 radical (unpaired) electrons. The number of anilines is 3. The SMILES string of the molecule is Nc1cccc(C(=O)N2CCCC2)c1O.c1ccc(Nc2cnsn2)cc1. The molecule has 4 rings (SSSR count). The zero-order valence-corrected chi connectivity index (χ0v) is 15.5. The molecule has 140 valence electrons. The Kier molecular flexibility index (Phi) is 6.22.